The molecule has 3 nitrogen and oxygen atoms in total. The Hall–Kier alpha value is -1.06. The molecule has 1 aliphatic rings. The summed E-state index contributed by atoms with van der Waals surface area (Å²) in [4.78, 5) is 0. The van der Waals surface area contributed by atoms with Crippen molar-refractivity contribution in [1.82, 2.24) is 5.32 Å². The van der Waals surface area contributed by atoms with Gasteiger partial charge < -0.3 is 14.8 Å². The topological polar surface area (TPSA) is 30.5 Å². The molecule has 0 spiro atoms. The van der Waals surface area contributed by atoms with Crippen molar-refractivity contribution >= 4 is 0 Å². The lowest BCUT2D eigenvalue weighted by Gasteiger charge is -2.39. The van der Waals surface area contributed by atoms with E-state index in [2.05, 4.69) is 44.3 Å². The Morgan fingerprint density at radius 1 is 1.24 bits per heavy atom. The van der Waals surface area contributed by atoms with Gasteiger partial charge in [-0.3, -0.25) is 0 Å². The highest BCUT2D eigenvalue weighted by Gasteiger charge is 2.43. The second kappa shape index (κ2) is 7.28. The quantitative estimate of drug-likeness (QED) is 0.823. The van der Waals surface area contributed by atoms with Gasteiger partial charge in [0, 0.05) is 12.2 Å². The average Bonchev–Trinajstić information content (AvgIpc) is 2.94. The van der Waals surface area contributed by atoms with E-state index in [0.717, 1.165) is 31.7 Å². The van der Waals surface area contributed by atoms with E-state index in [9.17, 15) is 0 Å². The maximum absolute atomic E-state index is 6.28. The molecular weight excluding hydrogens is 262 g/mol. The minimum atomic E-state index is -0.0914. The molecule has 1 N–H and O–H groups in total. The lowest BCUT2D eigenvalue weighted by molar-refractivity contribution is -0.0627. The molecule has 1 aliphatic carbocycles. The van der Waals surface area contributed by atoms with E-state index in [-0.39, 0.29) is 11.6 Å². The number of aryl methyl sites for hydroxylation is 1. The van der Waals surface area contributed by atoms with Gasteiger partial charge in [0.1, 0.15) is 5.75 Å². The number of benzene rings is 1. The minimum Gasteiger partial charge on any atom is -0.496 e. The Morgan fingerprint density at radius 3 is 2.52 bits per heavy atom. The maximum atomic E-state index is 6.28. The number of hydrogen-bond donors (Lipinski definition) is 1. The summed E-state index contributed by atoms with van der Waals surface area (Å²) in [5.74, 6) is 0.956. The van der Waals surface area contributed by atoms with Crippen LogP contribution in [0.15, 0.2) is 18.2 Å². The van der Waals surface area contributed by atoms with Crippen LogP contribution in [0.3, 0.4) is 0 Å². The highest BCUT2D eigenvalue weighted by Crippen LogP contribution is 2.45. The molecule has 0 saturated heterocycles. The fourth-order valence-corrected chi connectivity index (χ4v) is 3.64. The zero-order valence-corrected chi connectivity index (χ0v) is 13.9. The summed E-state index contributed by atoms with van der Waals surface area (Å²) in [6.45, 7) is 8.07. The van der Waals surface area contributed by atoms with Gasteiger partial charge in [-0.25, -0.2) is 0 Å². The average molecular weight is 291 g/mol. The van der Waals surface area contributed by atoms with E-state index in [1.807, 2.05) is 0 Å². The van der Waals surface area contributed by atoms with Crippen molar-refractivity contribution in [1.29, 1.82) is 0 Å². The molecular formula is C18H29NO2. The highest BCUT2D eigenvalue weighted by molar-refractivity contribution is 5.41. The van der Waals surface area contributed by atoms with E-state index in [4.69, 9.17) is 9.47 Å². The predicted molar refractivity (Wildman–Crippen MR) is 87.0 cm³/mol. The third-order valence-electron chi connectivity index (χ3n) is 4.51. The van der Waals surface area contributed by atoms with Gasteiger partial charge in [-0.15, -0.1) is 0 Å². The van der Waals surface area contributed by atoms with Crippen molar-refractivity contribution in [2.24, 2.45) is 0 Å². The van der Waals surface area contributed by atoms with Crippen LogP contribution in [0.25, 0.3) is 0 Å². The summed E-state index contributed by atoms with van der Waals surface area (Å²) < 4.78 is 11.9. The van der Waals surface area contributed by atoms with Gasteiger partial charge in [-0.05, 0) is 39.3 Å². The van der Waals surface area contributed by atoms with E-state index in [1.165, 1.54) is 24.0 Å². The second-order valence-corrected chi connectivity index (χ2v) is 5.94. The summed E-state index contributed by atoms with van der Waals surface area (Å²) in [5, 5.41) is 3.66. The molecule has 0 bridgehead atoms. The fraction of sp³-hybridized carbons (Fsp3) is 0.667. The van der Waals surface area contributed by atoms with Gasteiger partial charge in [0.05, 0.1) is 18.8 Å². The molecule has 21 heavy (non-hydrogen) atoms. The van der Waals surface area contributed by atoms with Crippen LogP contribution in [-0.2, 0) is 4.74 Å². The first kappa shape index (κ1) is 16.3. The molecule has 1 aromatic rings. The van der Waals surface area contributed by atoms with Crippen LogP contribution in [-0.4, -0.2) is 25.9 Å². The second-order valence-electron chi connectivity index (χ2n) is 5.94. The molecule has 1 atom stereocenters. The van der Waals surface area contributed by atoms with Crippen LogP contribution in [0.5, 0.6) is 5.75 Å². The molecule has 3 heteroatoms. The summed E-state index contributed by atoms with van der Waals surface area (Å²) in [6, 6.07) is 6.61. The van der Waals surface area contributed by atoms with Crippen LogP contribution >= 0.6 is 0 Å². The van der Waals surface area contributed by atoms with Gasteiger partial charge in [-0.1, -0.05) is 37.5 Å². The standard InChI is InChI=1S/C18H29NO2/c1-5-19-17(18(21-6-2)11-7-8-12-18)15-13-14(3)9-10-16(15)20-4/h9-10,13,17,19H,5-8,11-12H2,1-4H3. The predicted octanol–water partition coefficient (Wildman–Crippen LogP) is 4.00. The molecule has 1 aromatic carbocycles. The summed E-state index contributed by atoms with van der Waals surface area (Å²) in [5.41, 5.74) is 2.40. The number of rotatable bonds is 7. The van der Waals surface area contributed by atoms with Crippen LogP contribution in [0.4, 0.5) is 0 Å². The molecule has 1 unspecified atom stereocenters. The third-order valence-corrected chi connectivity index (χ3v) is 4.51. The normalized spacial score (nSPS) is 18.7. The number of likely N-dealkylation sites (N-methyl/N-ethyl adjacent to an activating group) is 1. The molecule has 118 valence electrons. The largest absolute Gasteiger partial charge is 0.496 e. The molecule has 0 heterocycles. The van der Waals surface area contributed by atoms with Crippen molar-refractivity contribution in [3.05, 3.63) is 29.3 Å². The monoisotopic (exact) mass is 291 g/mol. The van der Waals surface area contributed by atoms with E-state index in [0.29, 0.717) is 0 Å². The Bertz CT molecular complexity index is 453. The smallest absolute Gasteiger partial charge is 0.123 e. The number of nitrogens with one attached hydrogen (secondary N) is 1. The van der Waals surface area contributed by atoms with Gasteiger partial charge in [0.2, 0.25) is 0 Å². The van der Waals surface area contributed by atoms with E-state index in [1.54, 1.807) is 7.11 Å². The zero-order valence-electron chi connectivity index (χ0n) is 13.9. The first-order valence-electron chi connectivity index (χ1n) is 8.18. The van der Waals surface area contributed by atoms with Gasteiger partial charge in [0.15, 0.2) is 0 Å². The Labute approximate surface area is 129 Å². The highest BCUT2D eigenvalue weighted by atomic mass is 16.5. The Balaban J connectivity index is 2.44. The fourth-order valence-electron chi connectivity index (χ4n) is 3.64. The SMILES string of the molecule is CCNC(c1cc(C)ccc1OC)C1(OCC)CCCC1. The first-order valence-corrected chi connectivity index (χ1v) is 8.18. The maximum Gasteiger partial charge on any atom is 0.123 e. The number of ether oxygens (including phenoxy) is 2. The van der Waals surface area contributed by atoms with Gasteiger partial charge in [-0.2, -0.15) is 0 Å². The third kappa shape index (κ3) is 3.41. The Morgan fingerprint density at radius 2 is 1.95 bits per heavy atom. The lowest BCUT2D eigenvalue weighted by atomic mass is 9.85. The van der Waals surface area contributed by atoms with Crippen molar-refractivity contribution in [3.8, 4) is 5.75 Å². The van der Waals surface area contributed by atoms with Crippen molar-refractivity contribution in [3.63, 3.8) is 0 Å². The lowest BCUT2D eigenvalue weighted by Crippen LogP contribution is -2.44. The zero-order chi connectivity index (χ0) is 15.3. The van der Waals surface area contributed by atoms with Crippen molar-refractivity contribution in [2.45, 2.75) is 58.1 Å². The molecule has 0 radical (unpaired) electrons. The molecule has 0 aliphatic heterocycles. The molecule has 1 saturated carbocycles. The molecule has 0 amide bonds. The van der Waals surface area contributed by atoms with Crippen molar-refractivity contribution < 1.29 is 9.47 Å². The molecule has 0 aromatic heterocycles. The first-order chi connectivity index (χ1) is 10.2. The molecule has 1 fully saturated rings. The van der Waals surface area contributed by atoms with E-state index >= 15 is 0 Å². The van der Waals surface area contributed by atoms with Gasteiger partial charge >= 0.3 is 0 Å². The van der Waals surface area contributed by atoms with Crippen molar-refractivity contribution in [2.75, 3.05) is 20.3 Å². The van der Waals surface area contributed by atoms with Crippen LogP contribution < -0.4 is 10.1 Å². The molecule has 2 rings (SSSR count). The minimum absolute atomic E-state index is 0.0914. The van der Waals surface area contributed by atoms with Gasteiger partial charge in [0.25, 0.3) is 0 Å². The number of methoxy groups -OCH3 is 1. The van der Waals surface area contributed by atoms with Crippen LogP contribution in [0.2, 0.25) is 0 Å². The summed E-state index contributed by atoms with van der Waals surface area (Å²) in [6.07, 6.45) is 4.73. The summed E-state index contributed by atoms with van der Waals surface area (Å²) >= 11 is 0. The Kier molecular flexibility index (Phi) is 5.65. The summed E-state index contributed by atoms with van der Waals surface area (Å²) in [7, 11) is 1.75. The number of hydrogen-bond acceptors (Lipinski definition) is 3. The van der Waals surface area contributed by atoms with E-state index < -0.39 is 0 Å². The van der Waals surface area contributed by atoms with Crippen LogP contribution in [0, 0.1) is 6.92 Å². The van der Waals surface area contributed by atoms with Crippen LogP contribution in [0.1, 0.15) is 56.7 Å².